The van der Waals surface area contributed by atoms with E-state index in [1.54, 1.807) is 0 Å². The molecule has 2 aromatic rings. The topological polar surface area (TPSA) is 85.8 Å². The quantitative estimate of drug-likeness (QED) is 0.845. The molecule has 0 atom stereocenters. The highest BCUT2D eigenvalue weighted by Crippen LogP contribution is 2.22. The van der Waals surface area contributed by atoms with Crippen LogP contribution in [0.15, 0.2) is 12.4 Å². The normalized spacial score (nSPS) is 11.5. The van der Waals surface area contributed by atoms with E-state index in [9.17, 15) is 22.4 Å². The van der Waals surface area contributed by atoms with Gasteiger partial charge in [0.2, 0.25) is 0 Å². The van der Waals surface area contributed by atoms with Gasteiger partial charge in [0, 0.05) is 12.4 Å². The number of carbonyl (C=O) groups is 1. The minimum Gasteiger partial charge on any atom is -0.476 e. The van der Waals surface area contributed by atoms with E-state index < -0.39 is 36.9 Å². The smallest absolute Gasteiger partial charge is 0.358 e. The summed E-state index contributed by atoms with van der Waals surface area (Å²) in [4.78, 5) is 14.3. The summed E-state index contributed by atoms with van der Waals surface area (Å²) in [6.45, 7) is -3.44. The number of nitrogens with zero attached hydrogens (tertiary/aromatic N) is 5. The molecular weight excluding hydrogens is 286 g/mol. The van der Waals surface area contributed by atoms with Gasteiger partial charge in [0.1, 0.15) is 18.1 Å². The molecule has 0 amide bonds. The zero-order chi connectivity index (χ0) is 14.9. The van der Waals surface area contributed by atoms with Gasteiger partial charge in [-0.25, -0.2) is 23.2 Å². The van der Waals surface area contributed by atoms with Gasteiger partial charge in [-0.2, -0.15) is 8.78 Å². The number of alkyl halides is 4. The second kappa shape index (κ2) is 5.27. The molecule has 0 saturated heterocycles. The molecule has 7 nitrogen and oxygen atoms in total. The van der Waals surface area contributed by atoms with Crippen molar-refractivity contribution in [3.05, 3.63) is 29.6 Å². The highest BCUT2D eigenvalue weighted by Gasteiger charge is 2.27. The van der Waals surface area contributed by atoms with E-state index in [0.717, 1.165) is 12.4 Å². The van der Waals surface area contributed by atoms with Crippen molar-refractivity contribution in [1.82, 2.24) is 24.5 Å². The van der Waals surface area contributed by atoms with Crippen LogP contribution in [0.2, 0.25) is 0 Å². The van der Waals surface area contributed by atoms with Crippen LogP contribution in [0.5, 0.6) is 0 Å². The zero-order valence-corrected chi connectivity index (χ0v) is 9.62. The summed E-state index contributed by atoms with van der Waals surface area (Å²) in [5, 5.41) is 15.0. The van der Waals surface area contributed by atoms with Gasteiger partial charge in [-0.05, 0) is 0 Å². The Kier molecular flexibility index (Phi) is 3.68. The Balaban J connectivity index is 2.39. The van der Waals surface area contributed by atoms with E-state index in [1.165, 1.54) is 0 Å². The first kappa shape index (κ1) is 14.0. The van der Waals surface area contributed by atoms with Crippen molar-refractivity contribution >= 4 is 5.97 Å². The van der Waals surface area contributed by atoms with E-state index >= 15 is 0 Å². The Bertz CT molecular complexity index is 624. The summed E-state index contributed by atoms with van der Waals surface area (Å²) in [5.41, 5.74) is -1.88. The first-order chi connectivity index (χ1) is 9.41. The van der Waals surface area contributed by atoms with Crippen LogP contribution in [0.25, 0.3) is 0 Å². The molecular formula is C9H7F4N5O2. The number of aromatic nitrogens is 5. The predicted octanol–water partition coefficient (Wildman–Crippen LogP) is 1.55. The monoisotopic (exact) mass is 293 g/mol. The molecule has 0 spiro atoms. The molecule has 0 aliphatic carbocycles. The van der Waals surface area contributed by atoms with Crippen LogP contribution in [0.1, 0.15) is 35.0 Å². The molecule has 2 heterocycles. The number of rotatable bonds is 5. The Morgan fingerprint density at radius 2 is 2.05 bits per heavy atom. The number of imidazole rings is 1. The van der Waals surface area contributed by atoms with Crippen LogP contribution >= 0.6 is 0 Å². The highest BCUT2D eigenvalue weighted by atomic mass is 19.3. The number of hydrogen-bond donors (Lipinski definition) is 1. The summed E-state index contributed by atoms with van der Waals surface area (Å²) < 4.78 is 51.8. The number of aromatic carboxylic acids is 1. The van der Waals surface area contributed by atoms with Crippen LogP contribution in [-0.2, 0) is 6.54 Å². The third kappa shape index (κ3) is 2.46. The lowest BCUT2D eigenvalue weighted by Crippen LogP contribution is -2.14. The van der Waals surface area contributed by atoms with Gasteiger partial charge in [-0.15, -0.1) is 5.10 Å². The fourth-order valence-corrected chi connectivity index (χ4v) is 1.58. The van der Waals surface area contributed by atoms with Gasteiger partial charge in [-0.3, -0.25) is 4.57 Å². The molecule has 2 rings (SSSR count). The fourth-order valence-electron chi connectivity index (χ4n) is 1.58. The molecule has 0 aliphatic heterocycles. The van der Waals surface area contributed by atoms with E-state index in [2.05, 4.69) is 15.3 Å². The van der Waals surface area contributed by atoms with Crippen LogP contribution in [0, 0.1) is 0 Å². The van der Waals surface area contributed by atoms with Crippen LogP contribution in [0.3, 0.4) is 0 Å². The molecule has 0 aromatic carbocycles. The SMILES string of the molecule is O=C(O)c1nnn(Cc2nccn2C(F)F)c1C(F)F. The van der Waals surface area contributed by atoms with Crippen molar-refractivity contribution < 1.29 is 27.5 Å². The van der Waals surface area contributed by atoms with E-state index in [1.807, 2.05) is 0 Å². The molecule has 0 unspecified atom stereocenters. The molecule has 0 fully saturated rings. The number of carboxylic acids is 1. The molecule has 108 valence electrons. The van der Waals surface area contributed by atoms with Crippen LogP contribution in [0.4, 0.5) is 17.6 Å². The zero-order valence-electron chi connectivity index (χ0n) is 9.62. The molecule has 0 saturated carbocycles. The summed E-state index contributed by atoms with van der Waals surface area (Å²) >= 11 is 0. The van der Waals surface area contributed by atoms with Gasteiger partial charge in [0.05, 0.1) is 0 Å². The lowest BCUT2D eigenvalue weighted by Gasteiger charge is -2.08. The standard InChI is InChI=1S/C9H7F4N5O2/c10-7(11)6-5(8(19)20)15-16-18(6)3-4-14-1-2-17(4)9(12)13/h1-2,7,9H,3H2,(H,19,20). The van der Waals surface area contributed by atoms with Gasteiger partial charge in [-0.1, -0.05) is 5.21 Å². The summed E-state index contributed by atoms with van der Waals surface area (Å²) in [5.74, 6) is -1.92. The first-order valence-corrected chi connectivity index (χ1v) is 5.16. The molecule has 1 N–H and O–H groups in total. The van der Waals surface area contributed by atoms with Gasteiger partial charge < -0.3 is 5.11 Å². The lowest BCUT2D eigenvalue weighted by atomic mass is 10.3. The highest BCUT2D eigenvalue weighted by molar-refractivity contribution is 5.86. The predicted molar refractivity (Wildman–Crippen MR) is 54.5 cm³/mol. The minimum atomic E-state index is -3.16. The Morgan fingerprint density at radius 1 is 1.35 bits per heavy atom. The Hall–Kier alpha value is -2.46. The number of carboxylic acid groups (broad SMARTS) is 1. The molecule has 2 aromatic heterocycles. The van der Waals surface area contributed by atoms with Crippen molar-refractivity contribution in [2.45, 2.75) is 19.5 Å². The van der Waals surface area contributed by atoms with Crippen molar-refractivity contribution in [3.8, 4) is 0 Å². The molecule has 0 radical (unpaired) electrons. The summed E-state index contributed by atoms with van der Waals surface area (Å²) in [7, 11) is 0. The third-order valence-corrected chi connectivity index (χ3v) is 2.43. The average molecular weight is 293 g/mol. The molecule has 0 bridgehead atoms. The summed E-state index contributed by atoms with van der Waals surface area (Å²) in [6.07, 6.45) is -1.12. The maximum absolute atomic E-state index is 12.8. The van der Waals surface area contributed by atoms with Crippen molar-refractivity contribution in [2.75, 3.05) is 0 Å². The maximum atomic E-state index is 12.8. The lowest BCUT2D eigenvalue weighted by molar-refractivity contribution is 0.0653. The minimum absolute atomic E-state index is 0.247. The average Bonchev–Trinajstić information content (AvgIpc) is 2.95. The number of hydrogen-bond acceptors (Lipinski definition) is 4. The van der Waals surface area contributed by atoms with Crippen molar-refractivity contribution in [1.29, 1.82) is 0 Å². The molecule has 0 aliphatic rings. The molecule has 11 heteroatoms. The maximum Gasteiger partial charge on any atom is 0.358 e. The van der Waals surface area contributed by atoms with Gasteiger partial charge in [0.15, 0.2) is 5.69 Å². The molecule has 20 heavy (non-hydrogen) atoms. The largest absolute Gasteiger partial charge is 0.476 e. The fraction of sp³-hybridized carbons (Fsp3) is 0.333. The second-order valence-corrected chi connectivity index (χ2v) is 3.62. The Morgan fingerprint density at radius 3 is 2.60 bits per heavy atom. The summed E-state index contributed by atoms with van der Waals surface area (Å²) in [6, 6.07) is 0. The van der Waals surface area contributed by atoms with Gasteiger partial charge >= 0.3 is 12.5 Å². The van der Waals surface area contributed by atoms with Gasteiger partial charge in [0.25, 0.3) is 6.43 Å². The van der Waals surface area contributed by atoms with Crippen molar-refractivity contribution in [2.24, 2.45) is 0 Å². The van der Waals surface area contributed by atoms with Crippen LogP contribution < -0.4 is 0 Å². The van der Waals surface area contributed by atoms with E-state index in [-0.39, 0.29) is 5.82 Å². The number of halogens is 4. The first-order valence-electron chi connectivity index (χ1n) is 5.16. The Labute approximate surface area is 108 Å². The van der Waals surface area contributed by atoms with Crippen molar-refractivity contribution in [3.63, 3.8) is 0 Å². The van der Waals surface area contributed by atoms with E-state index in [0.29, 0.717) is 9.25 Å². The second-order valence-electron chi connectivity index (χ2n) is 3.62. The van der Waals surface area contributed by atoms with Crippen LogP contribution in [-0.4, -0.2) is 35.6 Å². The van der Waals surface area contributed by atoms with E-state index in [4.69, 9.17) is 5.11 Å². The third-order valence-electron chi connectivity index (χ3n) is 2.43.